The van der Waals surface area contributed by atoms with Crippen LogP contribution in [0.1, 0.15) is 39.2 Å². The van der Waals surface area contributed by atoms with E-state index in [0.29, 0.717) is 12.8 Å². The van der Waals surface area contributed by atoms with Crippen LogP contribution in [0.15, 0.2) is 83.8 Å². The van der Waals surface area contributed by atoms with Gasteiger partial charge in [-0.25, -0.2) is 8.42 Å². The van der Waals surface area contributed by atoms with Crippen molar-refractivity contribution in [2.24, 2.45) is 0 Å². The lowest BCUT2D eigenvalue weighted by atomic mass is 10.1. The van der Waals surface area contributed by atoms with Gasteiger partial charge in [0, 0.05) is 12.6 Å². The number of anilines is 1. The van der Waals surface area contributed by atoms with E-state index in [1.807, 2.05) is 51.1 Å². The van der Waals surface area contributed by atoms with Crippen LogP contribution in [0.5, 0.6) is 0 Å². The van der Waals surface area contributed by atoms with Crippen molar-refractivity contribution in [3.8, 4) is 0 Å². The quantitative estimate of drug-likeness (QED) is 0.261. The summed E-state index contributed by atoms with van der Waals surface area (Å²) in [4.78, 5) is 28.8. The Morgan fingerprint density at radius 2 is 1.50 bits per heavy atom. The van der Waals surface area contributed by atoms with Crippen molar-refractivity contribution >= 4 is 50.7 Å². The number of rotatable bonds is 13. The molecule has 2 amide bonds. The van der Waals surface area contributed by atoms with E-state index in [-0.39, 0.29) is 39.1 Å². The molecule has 0 unspecified atom stereocenters. The first-order chi connectivity index (χ1) is 19.1. The zero-order valence-electron chi connectivity index (χ0n) is 22.9. The highest BCUT2D eigenvalue weighted by molar-refractivity contribution is 7.92. The fourth-order valence-electron chi connectivity index (χ4n) is 4.23. The van der Waals surface area contributed by atoms with Crippen LogP contribution in [0.2, 0.25) is 10.0 Å². The molecule has 0 bridgehead atoms. The van der Waals surface area contributed by atoms with Crippen LogP contribution in [-0.2, 0) is 26.0 Å². The SMILES string of the molecule is CC[C@H](C(=O)N[C@@H](C)CC)N(CCc1ccccc1)C(=O)CN(c1ccc(Cl)c(Cl)c1)S(=O)(=O)c1ccccc1. The third kappa shape index (κ3) is 7.99. The second-order valence-electron chi connectivity index (χ2n) is 9.49. The average Bonchev–Trinajstić information content (AvgIpc) is 2.96. The molecule has 7 nitrogen and oxygen atoms in total. The van der Waals surface area contributed by atoms with Crippen molar-refractivity contribution in [1.29, 1.82) is 0 Å². The van der Waals surface area contributed by atoms with Gasteiger partial charge in [-0.2, -0.15) is 0 Å². The number of hydrogen-bond acceptors (Lipinski definition) is 4. The predicted molar refractivity (Wildman–Crippen MR) is 161 cm³/mol. The highest BCUT2D eigenvalue weighted by Gasteiger charge is 2.33. The van der Waals surface area contributed by atoms with Crippen LogP contribution in [0, 0.1) is 0 Å². The number of hydrogen-bond donors (Lipinski definition) is 1. The second-order valence-corrected chi connectivity index (χ2v) is 12.2. The van der Waals surface area contributed by atoms with E-state index in [9.17, 15) is 18.0 Å². The Balaban J connectivity index is 2.02. The third-order valence-corrected chi connectivity index (χ3v) is 9.20. The minimum Gasteiger partial charge on any atom is -0.352 e. The predicted octanol–water partition coefficient (Wildman–Crippen LogP) is 5.95. The van der Waals surface area contributed by atoms with Gasteiger partial charge in [-0.05, 0) is 62.1 Å². The maximum Gasteiger partial charge on any atom is 0.264 e. The maximum absolute atomic E-state index is 14.0. The Hall–Kier alpha value is -3.07. The minimum absolute atomic E-state index is 0.0197. The number of halogens is 2. The molecule has 0 aliphatic carbocycles. The van der Waals surface area contributed by atoms with Crippen molar-refractivity contribution in [2.75, 3.05) is 17.4 Å². The van der Waals surface area contributed by atoms with Crippen LogP contribution < -0.4 is 9.62 Å². The lowest BCUT2D eigenvalue weighted by Gasteiger charge is -2.33. The topological polar surface area (TPSA) is 86.8 Å². The molecule has 3 aromatic rings. The molecule has 0 aromatic heterocycles. The number of amides is 2. The monoisotopic (exact) mass is 603 g/mol. The first-order valence-electron chi connectivity index (χ1n) is 13.2. The first-order valence-corrected chi connectivity index (χ1v) is 15.4. The molecule has 0 fully saturated rings. The van der Waals surface area contributed by atoms with Gasteiger partial charge in [0.2, 0.25) is 11.8 Å². The zero-order valence-corrected chi connectivity index (χ0v) is 25.2. The third-order valence-electron chi connectivity index (χ3n) is 6.67. The number of sulfonamides is 1. The smallest absolute Gasteiger partial charge is 0.264 e. The molecule has 40 heavy (non-hydrogen) atoms. The van der Waals surface area contributed by atoms with Crippen LogP contribution in [0.4, 0.5) is 5.69 Å². The van der Waals surface area contributed by atoms with Gasteiger partial charge >= 0.3 is 0 Å². The zero-order chi connectivity index (χ0) is 29.3. The van der Waals surface area contributed by atoms with Crippen molar-refractivity contribution in [3.63, 3.8) is 0 Å². The summed E-state index contributed by atoms with van der Waals surface area (Å²) < 4.78 is 28.7. The molecule has 1 N–H and O–H groups in total. The Morgan fingerprint density at radius 1 is 0.875 bits per heavy atom. The number of nitrogens with one attached hydrogen (secondary N) is 1. The molecular weight excluding hydrogens is 569 g/mol. The summed E-state index contributed by atoms with van der Waals surface area (Å²) in [5.74, 6) is -0.780. The molecule has 0 saturated carbocycles. The second kappa shape index (κ2) is 14.5. The summed E-state index contributed by atoms with van der Waals surface area (Å²) in [5.41, 5.74) is 1.18. The molecule has 3 rings (SSSR count). The molecule has 10 heteroatoms. The van der Waals surface area contributed by atoms with Crippen molar-refractivity contribution in [2.45, 2.75) is 57.0 Å². The Morgan fingerprint density at radius 3 is 2.08 bits per heavy atom. The highest BCUT2D eigenvalue weighted by Crippen LogP contribution is 2.30. The fraction of sp³-hybridized carbons (Fsp3) is 0.333. The van der Waals surface area contributed by atoms with E-state index in [1.54, 1.807) is 18.2 Å². The van der Waals surface area contributed by atoms with Crippen LogP contribution in [0.25, 0.3) is 0 Å². The van der Waals surface area contributed by atoms with Crippen LogP contribution >= 0.6 is 23.2 Å². The van der Waals surface area contributed by atoms with Gasteiger partial charge in [0.25, 0.3) is 10.0 Å². The summed E-state index contributed by atoms with van der Waals surface area (Å²) in [6.07, 6.45) is 1.60. The largest absolute Gasteiger partial charge is 0.352 e. The van der Waals surface area contributed by atoms with E-state index in [1.165, 1.54) is 35.2 Å². The summed E-state index contributed by atoms with van der Waals surface area (Å²) in [6, 6.07) is 21.0. The molecule has 0 spiro atoms. The number of nitrogens with zero attached hydrogens (tertiary/aromatic N) is 2. The lowest BCUT2D eigenvalue weighted by molar-refractivity contribution is -0.139. The van der Waals surface area contributed by atoms with Gasteiger partial charge in [-0.1, -0.05) is 85.6 Å². The Kier molecular flexibility index (Phi) is 11.4. The summed E-state index contributed by atoms with van der Waals surface area (Å²) in [7, 11) is -4.17. The van der Waals surface area contributed by atoms with E-state index < -0.39 is 28.5 Å². The number of carbonyl (C=O) groups excluding carboxylic acids is 2. The Bertz CT molecular complexity index is 1390. The average molecular weight is 605 g/mol. The molecular formula is C30H35Cl2N3O4S. The molecule has 0 aliphatic rings. The van der Waals surface area contributed by atoms with Crippen LogP contribution in [-0.4, -0.2) is 50.3 Å². The van der Waals surface area contributed by atoms with Gasteiger partial charge < -0.3 is 10.2 Å². The number of carbonyl (C=O) groups is 2. The molecule has 0 aliphatic heterocycles. The van der Waals surface area contributed by atoms with E-state index in [2.05, 4.69) is 5.32 Å². The van der Waals surface area contributed by atoms with Gasteiger partial charge in [0.15, 0.2) is 0 Å². The van der Waals surface area contributed by atoms with Gasteiger partial charge in [-0.3, -0.25) is 13.9 Å². The van der Waals surface area contributed by atoms with E-state index in [4.69, 9.17) is 23.2 Å². The Labute approximate surface area is 247 Å². The molecule has 0 saturated heterocycles. The lowest BCUT2D eigenvalue weighted by Crippen LogP contribution is -2.54. The van der Waals surface area contributed by atoms with Crippen LogP contribution in [0.3, 0.4) is 0 Å². The normalized spacial score (nSPS) is 12.8. The molecule has 2 atom stereocenters. The molecule has 0 heterocycles. The van der Waals surface area contributed by atoms with Crippen molar-refractivity contribution in [1.82, 2.24) is 10.2 Å². The number of benzene rings is 3. The van der Waals surface area contributed by atoms with Crippen molar-refractivity contribution in [3.05, 3.63) is 94.5 Å². The summed E-state index contributed by atoms with van der Waals surface area (Å²) in [6.45, 7) is 5.40. The summed E-state index contributed by atoms with van der Waals surface area (Å²) in [5, 5.41) is 3.38. The minimum atomic E-state index is -4.17. The van der Waals surface area contributed by atoms with Gasteiger partial charge in [0.1, 0.15) is 12.6 Å². The molecule has 3 aromatic carbocycles. The van der Waals surface area contributed by atoms with Crippen molar-refractivity contribution < 1.29 is 18.0 Å². The first kappa shape index (κ1) is 31.5. The van der Waals surface area contributed by atoms with Gasteiger partial charge in [-0.15, -0.1) is 0 Å². The van der Waals surface area contributed by atoms with E-state index >= 15 is 0 Å². The maximum atomic E-state index is 14.0. The summed E-state index contributed by atoms with van der Waals surface area (Å²) >= 11 is 12.3. The fourth-order valence-corrected chi connectivity index (χ4v) is 5.94. The van der Waals surface area contributed by atoms with Gasteiger partial charge in [0.05, 0.1) is 20.6 Å². The molecule has 214 valence electrons. The van der Waals surface area contributed by atoms with E-state index in [0.717, 1.165) is 16.3 Å². The highest BCUT2D eigenvalue weighted by atomic mass is 35.5. The standard InChI is InChI=1S/C30H35Cl2N3O4S/c1-4-22(3)33-30(37)28(5-2)34(19-18-23-12-8-6-9-13-23)29(36)21-35(24-16-17-26(31)27(32)20-24)40(38,39)25-14-10-7-11-15-25/h6-17,20,22,28H,4-5,18-19,21H2,1-3H3,(H,33,37)/t22-,28+/m0/s1. The molecule has 0 radical (unpaired) electrons.